The Labute approximate surface area is 108 Å². The number of benzene rings is 1. The highest BCUT2D eigenvalue weighted by Crippen LogP contribution is 2.16. The number of nitrogens with zero attached hydrogens (tertiary/aromatic N) is 1. The summed E-state index contributed by atoms with van der Waals surface area (Å²) in [5.41, 5.74) is 0.0181. The number of alkyl halides is 1. The van der Waals surface area contributed by atoms with E-state index in [1.54, 1.807) is 7.05 Å². The Kier molecular flexibility index (Phi) is 5.22. The first-order valence-corrected chi connectivity index (χ1v) is 6.32. The molecule has 0 unspecified atom stereocenters. The number of amides is 1. The molecule has 5 heteroatoms. The average Bonchev–Trinajstić information content (AvgIpc) is 2.28. The maximum atomic E-state index is 13.4. The van der Waals surface area contributed by atoms with Crippen LogP contribution in [0.15, 0.2) is 18.2 Å². The summed E-state index contributed by atoms with van der Waals surface area (Å²) in [6, 6.07) is 3.98. The van der Waals surface area contributed by atoms with E-state index in [-0.39, 0.29) is 11.5 Å². The fourth-order valence-corrected chi connectivity index (χ4v) is 1.69. The second-order valence-electron chi connectivity index (χ2n) is 3.39. The average molecular weight is 309 g/mol. The predicted octanol–water partition coefficient (Wildman–Crippen LogP) is 3.34. The third-order valence-electron chi connectivity index (χ3n) is 2.13. The van der Waals surface area contributed by atoms with Crippen molar-refractivity contribution in [3.63, 3.8) is 0 Å². The largest absolute Gasteiger partial charge is 0.342 e. The van der Waals surface area contributed by atoms with Crippen molar-refractivity contribution >= 4 is 33.4 Å². The number of carbonyl (C=O) groups excluding carboxylic acids is 1. The van der Waals surface area contributed by atoms with Crippen molar-refractivity contribution in [1.29, 1.82) is 0 Å². The summed E-state index contributed by atoms with van der Waals surface area (Å²) in [5, 5.41) is 1.17. The molecule has 0 saturated heterocycles. The van der Waals surface area contributed by atoms with Gasteiger partial charge in [0.05, 0.1) is 5.56 Å². The highest BCUT2D eigenvalue weighted by Gasteiger charge is 2.15. The lowest BCUT2D eigenvalue weighted by molar-refractivity contribution is 0.0791. The molecule has 0 saturated carbocycles. The molecule has 0 bridgehead atoms. The molecular weight excluding hydrogens is 296 g/mol. The summed E-state index contributed by atoms with van der Waals surface area (Å²) in [7, 11) is 1.64. The molecule has 1 aromatic carbocycles. The van der Waals surface area contributed by atoms with Gasteiger partial charge in [0, 0.05) is 23.9 Å². The number of halogens is 3. The first-order chi connectivity index (χ1) is 7.56. The molecule has 1 rings (SSSR count). The summed E-state index contributed by atoms with van der Waals surface area (Å²) >= 11 is 9.00. The van der Waals surface area contributed by atoms with E-state index in [1.165, 1.54) is 23.1 Å². The van der Waals surface area contributed by atoms with Crippen molar-refractivity contribution < 1.29 is 9.18 Å². The molecule has 0 aliphatic rings. The van der Waals surface area contributed by atoms with E-state index in [0.717, 1.165) is 11.8 Å². The van der Waals surface area contributed by atoms with Gasteiger partial charge in [-0.2, -0.15) is 0 Å². The molecule has 0 atom stereocenters. The second-order valence-corrected chi connectivity index (χ2v) is 4.62. The molecule has 0 fully saturated rings. The summed E-state index contributed by atoms with van der Waals surface area (Å²) in [5.74, 6) is -0.888. The predicted molar refractivity (Wildman–Crippen MR) is 66.8 cm³/mol. The van der Waals surface area contributed by atoms with E-state index in [4.69, 9.17) is 11.6 Å². The van der Waals surface area contributed by atoms with Gasteiger partial charge >= 0.3 is 0 Å². The molecular formula is C11H12BrClFNO. The van der Waals surface area contributed by atoms with Crippen LogP contribution in [0.2, 0.25) is 5.02 Å². The molecule has 2 nitrogen and oxygen atoms in total. The lowest BCUT2D eigenvalue weighted by atomic mass is 10.2. The molecule has 0 spiro atoms. The zero-order valence-corrected chi connectivity index (χ0v) is 11.2. The van der Waals surface area contributed by atoms with Crippen LogP contribution in [0.25, 0.3) is 0 Å². The van der Waals surface area contributed by atoms with Gasteiger partial charge in [-0.25, -0.2) is 4.39 Å². The molecule has 0 heterocycles. The van der Waals surface area contributed by atoms with Gasteiger partial charge < -0.3 is 4.90 Å². The first-order valence-electron chi connectivity index (χ1n) is 4.82. The SMILES string of the molecule is CN(CCCBr)C(=O)c1cc(Cl)ccc1F. The normalized spacial score (nSPS) is 10.2. The highest BCUT2D eigenvalue weighted by atomic mass is 79.9. The minimum atomic E-state index is -0.542. The van der Waals surface area contributed by atoms with Gasteiger partial charge in [0.1, 0.15) is 5.82 Å². The van der Waals surface area contributed by atoms with E-state index >= 15 is 0 Å². The Morgan fingerprint density at radius 3 is 2.88 bits per heavy atom. The number of rotatable bonds is 4. The summed E-state index contributed by atoms with van der Waals surface area (Å²) in [6.45, 7) is 0.579. The van der Waals surface area contributed by atoms with Crippen LogP contribution in [0, 0.1) is 5.82 Å². The van der Waals surface area contributed by atoms with Crippen LogP contribution in [0.4, 0.5) is 4.39 Å². The van der Waals surface area contributed by atoms with E-state index in [2.05, 4.69) is 15.9 Å². The van der Waals surface area contributed by atoms with Gasteiger partial charge in [-0.05, 0) is 24.6 Å². The summed E-state index contributed by atoms with van der Waals surface area (Å²) in [6.07, 6.45) is 0.824. The Hall–Kier alpha value is -0.610. The molecule has 88 valence electrons. The van der Waals surface area contributed by atoms with Gasteiger partial charge in [-0.3, -0.25) is 4.79 Å². The summed E-state index contributed by atoms with van der Waals surface area (Å²) < 4.78 is 13.4. The maximum absolute atomic E-state index is 13.4. The Morgan fingerprint density at radius 2 is 2.25 bits per heavy atom. The van der Waals surface area contributed by atoms with Gasteiger partial charge in [0.15, 0.2) is 0 Å². The topological polar surface area (TPSA) is 20.3 Å². The van der Waals surface area contributed by atoms with Crippen molar-refractivity contribution in [2.24, 2.45) is 0 Å². The molecule has 0 N–H and O–H groups in total. The van der Waals surface area contributed by atoms with Crippen LogP contribution < -0.4 is 0 Å². The van der Waals surface area contributed by atoms with E-state index in [9.17, 15) is 9.18 Å². The van der Waals surface area contributed by atoms with Gasteiger partial charge in [0.2, 0.25) is 0 Å². The zero-order valence-electron chi connectivity index (χ0n) is 8.84. The minimum absolute atomic E-state index is 0.0181. The van der Waals surface area contributed by atoms with Crippen LogP contribution >= 0.6 is 27.5 Å². The van der Waals surface area contributed by atoms with Crippen molar-refractivity contribution in [2.75, 3.05) is 18.9 Å². The quantitative estimate of drug-likeness (QED) is 0.781. The van der Waals surface area contributed by atoms with Crippen LogP contribution in [-0.2, 0) is 0 Å². The lowest BCUT2D eigenvalue weighted by Gasteiger charge is -2.16. The minimum Gasteiger partial charge on any atom is -0.342 e. The highest BCUT2D eigenvalue weighted by molar-refractivity contribution is 9.09. The third-order valence-corrected chi connectivity index (χ3v) is 2.93. The monoisotopic (exact) mass is 307 g/mol. The van der Waals surface area contributed by atoms with E-state index in [1.807, 2.05) is 0 Å². The Balaban J connectivity index is 2.83. The molecule has 1 amide bonds. The van der Waals surface area contributed by atoms with Gasteiger partial charge in [-0.15, -0.1) is 0 Å². The fraction of sp³-hybridized carbons (Fsp3) is 0.364. The van der Waals surface area contributed by atoms with E-state index in [0.29, 0.717) is 11.6 Å². The van der Waals surface area contributed by atoms with E-state index < -0.39 is 5.82 Å². The number of carbonyl (C=O) groups is 1. The molecule has 1 aromatic rings. The van der Waals surface area contributed by atoms with Crippen LogP contribution in [0.1, 0.15) is 16.8 Å². The smallest absolute Gasteiger partial charge is 0.256 e. The molecule has 0 aliphatic heterocycles. The van der Waals surface area contributed by atoms with Crippen molar-refractivity contribution in [3.05, 3.63) is 34.6 Å². The summed E-state index contributed by atoms with van der Waals surface area (Å²) in [4.78, 5) is 13.3. The zero-order chi connectivity index (χ0) is 12.1. The Morgan fingerprint density at radius 1 is 1.56 bits per heavy atom. The van der Waals surface area contributed by atoms with Crippen molar-refractivity contribution in [1.82, 2.24) is 4.90 Å². The first kappa shape index (κ1) is 13.5. The number of hydrogen-bond donors (Lipinski definition) is 0. The molecule has 0 aromatic heterocycles. The standard InChI is InChI=1S/C11H12BrClFNO/c1-15(6-2-5-12)11(16)9-7-8(13)3-4-10(9)14/h3-4,7H,2,5-6H2,1H3. The molecule has 0 radical (unpaired) electrons. The lowest BCUT2D eigenvalue weighted by Crippen LogP contribution is -2.28. The second kappa shape index (κ2) is 6.21. The molecule has 16 heavy (non-hydrogen) atoms. The van der Waals surface area contributed by atoms with Crippen LogP contribution in [0.3, 0.4) is 0 Å². The maximum Gasteiger partial charge on any atom is 0.256 e. The third kappa shape index (κ3) is 3.46. The van der Waals surface area contributed by atoms with Crippen molar-refractivity contribution in [2.45, 2.75) is 6.42 Å². The molecule has 0 aliphatic carbocycles. The fourth-order valence-electron chi connectivity index (χ4n) is 1.27. The Bertz CT molecular complexity index is 386. The number of hydrogen-bond acceptors (Lipinski definition) is 1. The van der Waals surface area contributed by atoms with Gasteiger partial charge in [0.25, 0.3) is 5.91 Å². The van der Waals surface area contributed by atoms with Crippen LogP contribution in [-0.4, -0.2) is 29.7 Å². The van der Waals surface area contributed by atoms with Crippen molar-refractivity contribution in [3.8, 4) is 0 Å². The van der Waals surface area contributed by atoms with Gasteiger partial charge in [-0.1, -0.05) is 27.5 Å². The van der Waals surface area contributed by atoms with Crippen LogP contribution in [0.5, 0.6) is 0 Å².